The molecule has 2 nitrogen and oxygen atoms in total. The number of methoxy groups -OCH3 is 1. The molecule has 104 valence electrons. The van der Waals surface area contributed by atoms with Gasteiger partial charge in [-0.2, -0.15) is 0 Å². The molecule has 2 aromatic rings. The van der Waals surface area contributed by atoms with Gasteiger partial charge in [0.15, 0.2) is 5.78 Å². The van der Waals surface area contributed by atoms with E-state index in [2.05, 4.69) is 15.9 Å². The summed E-state index contributed by atoms with van der Waals surface area (Å²) in [5.41, 5.74) is 2.22. The maximum absolute atomic E-state index is 14.0. The van der Waals surface area contributed by atoms with E-state index in [1.165, 1.54) is 6.07 Å². The quantitative estimate of drug-likeness (QED) is 0.774. The van der Waals surface area contributed by atoms with Crippen LogP contribution in [0.25, 0.3) is 0 Å². The lowest BCUT2D eigenvalue weighted by molar-refractivity contribution is 0.103. The lowest BCUT2D eigenvalue weighted by atomic mass is 9.98. The molecule has 0 unspecified atom stereocenters. The van der Waals surface area contributed by atoms with Crippen molar-refractivity contribution in [1.82, 2.24) is 0 Å². The molecule has 0 aliphatic carbocycles. The van der Waals surface area contributed by atoms with E-state index >= 15 is 0 Å². The van der Waals surface area contributed by atoms with Gasteiger partial charge in [0, 0.05) is 5.56 Å². The van der Waals surface area contributed by atoms with E-state index in [1.807, 2.05) is 13.8 Å². The molecule has 0 bridgehead atoms. The summed E-state index contributed by atoms with van der Waals surface area (Å²) in [6.07, 6.45) is 0. The number of benzene rings is 2. The van der Waals surface area contributed by atoms with Crippen LogP contribution >= 0.6 is 15.9 Å². The molecule has 0 amide bonds. The molecule has 0 spiro atoms. The molecule has 2 rings (SSSR count). The minimum Gasteiger partial charge on any atom is -0.496 e. The van der Waals surface area contributed by atoms with Crippen LogP contribution in [-0.2, 0) is 0 Å². The first-order chi connectivity index (χ1) is 9.45. The van der Waals surface area contributed by atoms with Crippen molar-refractivity contribution in [3.05, 3.63) is 62.9 Å². The summed E-state index contributed by atoms with van der Waals surface area (Å²) >= 11 is 3.09. The predicted molar refractivity (Wildman–Crippen MR) is 80.0 cm³/mol. The second kappa shape index (κ2) is 5.75. The first-order valence-corrected chi connectivity index (χ1v) is 6.89. The van der Waals surface area contributed by atoms with E-state index in [4.69, 9.17) is 4.74 Å². The third-order valence-electron chi connectivity index (χ3n) is 3.12. The molecule has 0 saturated heterocycles. The second-order valence-electron chi connectivity index (χ2n) is 4.57. The van der Waals surface area contributed by atoms with E-state index in [-0.39, 0.29) is 15.8 Å². The molecule has 20 heavy (non-hydrogen) atoms. The Morgan fingerprint density at radius 2 is 1.80 bits per heavy atom. The number of aryl methyl sites for hydroxylation is 2. The predicted octanol–water partition coefficient (Wildman–Crippen LogP) is 4.44. The summed E-state index contributed by atoms with van der Waals surface area (Å²) in [6.45, 7) is 3.72. The number of ketones is 1. The van der Waals surface area contributed by atoms with Gasteiger partial charge in [-0.15, -0.1) is 0 Å². The molecule has 0 radical (unpaired) electrons. The molecule has 2 aromatic carbocycles. The molecule has 0 atom stereocenters. The van der Waals surface area contributed by atoms with Gasteiger partial charge in [-0.25, -0.2) is 4.39 Å². The summed E-state index contributed by atoms with van der Waals surface area (Å²) in [5.74, 6) is -0.127. The summed E-state index contributed by atoms with van der Waals surface area (Å²) in [7, 11) is 1.59. The van der Waals surface area contributed by atoms with Crippen LogP contribution in [0.15, 0.2) is 34.8 Å². The molecule has 0 heterocycles. The summed E-state index contributed by atoms with van der Waals surface area (Å²) in [6, 6.07) is 8.13. The Hall–Kier alpha value is -1.68. The highest BCUT2D eigenvalue weighted by Crippen LogP contribution is 2.27. The fraction of sp³-hybridized carbons (Fsp3) is 0.188. The zero-order valence-corrected chi connectivity index (χ0v) is 13.0. The fourth-order valence-corrected chi connectivity index (χ4v) is 2.60. The normalized spacial score (nSPS) is 10.4. The number of carbonyl (C=O) groups is 1. The Kier molecular flexibility index (Phi) is 4.23. The van der Waals surface area contributed by atoms with Crippen molar-refractivity contribution in [2.45, 2.75) is 13.8 Å². The number of hydrogen-bond acceptors (Lipinski definition) is 2. The van der Waals surface area contributed by atoms with E-state index in [1.54, 1.807) is 31.4 Å². The number of carbonyl (C=O) groups excluding carboxylic acids is 1. The minimum absolute atomic E-state index is 0.0586. The largest absolute Gasteiger partial charge is 0.496 e. The Bertz CT molecular complexity index is 657. The number of rotatable bonds is 3. The van der Waals surface area contributed by atoms with Gasteiger partial charge in [0.2, 0.25) is 0 Å². The zero-order valence-electron chi connectivity index (χ0n) is 11.5. The second-order valence-corrected chi connectivity index (χ2v) is 5.43. The van der Waals surface area contributed by atoms with E-state index in [0.717, 1.165) is 16.9 Å². The van der Waals surface area contributed by atoms with Crippen LogP contribution in [0.4, 0.5) is 4.39 Å². The highest BCUT2D eigenvalue weighted by atomic mass is 79.9. The summed E-state index contributed by atoms with van der Waals surface area (Å²) < 4.78 is 19.5. The van der Waals surface area contributed by atoms with Gasteiger partial charge in [0.1, 0.15) is 11.6 Å². The summed E-state index contributed by atoms with van der Waals surface area (Å²) in [4.78, 5) is 12.4. The van der Waals surface area contributed by atoms with Crippen LogP contribution in [0.3, 0.4) is 0 Å². The first-order valence-electron chi connectivity index (χ1n) is 6.09. The first kappa shape index (κ1) is 14.7. The fourth-order valence-electron chi connectivity index (χ4n) is 2.24. The summed E-state index contributed by atoms with van der Waals surface area (Å²) in [5, 5.41) is 0. The average molecular weight is 337 g/mol. The van der Waals surface area contributed by atoms with Gasteiger partial charge >= 0.3 is 0 Å². The minimum atomic E-state index is -0.538. The van der Waals surface area contributed by atoms with Crippen molar-refractivity contribution in [2.24, 2.45) is 0 Å². The Morgan fingerprint density at radius 1 is 1.20 bits per heavy atom. The van der Waals surface area contributed by atoms with Crippen molar-refractivity contribution >= 4 is 21.7 Å². The highest BCUT2D eigenvalue weighted by molar-refractivity contribution is 9.10. The molecule has 4 heteroatoms. The van der Waals surface area contributed by atoms with E-state index in [0.29, 0.717) is 5.56 Å². The lowest BCUT2D eigenvalue weighted by Gasteiger charge is -2.11. The van der Waals surface area contributed by atoms with Crippen molar-refractivity contribution < 1.29 is 13.9 Å². The molecular weight excluding hydrogens is 323 g/mol. The maximum atomic E-state index is 14.0. The molecule has 0 aliphatic heterocycles. The Labute approximate surface area is 125 Å². The molecular formula is C16H14BrFO2. The van der Waals surface area contributed by atoms with Gasteiger partial charge < -0.3 is 4.74 Å². The monoisotopic (exact) mass is 336 g/mol. The SMILES string of the molecule is COc1c(C)cc(C(=O)c2cccc(Br)c2F)cc1C. The van der Waals surface area contributed by atoms with E-state index < -0.39 is 5.82 Å². The number of halogens is 2. The molecule has 0 aromatic heterocycles. The molecule has 0 aliphatic rings. The number of ether oxygens (including phenoxy) is 1. The molecule has 0 fully saturated rings. The van der Waals surface area contributed by atoms with Crippen LogP contribution < -0.4 is 4.74 Å². The number of hydrogen-bond donors (Lipinski definition) is 0. The molecule has 0 saturated carbocycles. The van der Waals surface area contributed by atoms with Gasteiger partial charge in [0.05, 0.1) is 17.1 Å². The van der Waals surface area contributed by atoms with Gasteiger partial charge in [-0.3, -0.25) is 4.79 Å². The Morgan fingerprint density at radius 3 is 2.35 bits per heavy atom. The lowest BCUT2D eigenvalue weighted by Crippen LogP contribution is -2.06. The van der Waals surface area contributed by atoms with E-state index in [9.17, 15) is 9.18 Å². The highest BCUT2D eigenvalue weighted by Gasteiger charge is 2.17. The Balaban J connectivity index is 2.52. The van der Waals surface area contributed by atoms with Crippen molar-refractivity contribution in [3.8, 4) is 5.75 Å². The maximum Gasteiger partial charge on any atom is 0.196 e. The van der Waals surface area contributed by atoms with Gasteiger partial charge in [-0.1, -0.05) is 6.07 Å². The van der Waals surface area contributed by atoms with Gasteiger partial charge in [-0.05, 0) is 65.2 Å². The van der Waals surface area contributed by atoms with Crippen LogP contribution in [-0.4, -0.2) is 12.9 Å². The third-order valence-corrected chi connectivity index (χ3v) is 3.74. The van der Waals surface area contributed by atoms with Crippen LogP contribution in [0.2, 0.25) is 0 Å². The molecule has 0 N–H and O–H groups in total. The average Bonchev–Trinajstić information content (AvgIpc) is 2.41. The van der Waals surface area contributed by atoms with Crippen LogP contribution in [0.1, 0.15) is 27.0 Å². The van der Waals surface area contributed by atoms with Gasteiger partial charge in [0.25, 0.3) is 0 Å². The van der Waals surface area contributed by atoms with Crippen LogP contribution in [0, 0.1) is 19.7 Å². The topological polar surface area (TPSA) is 26.3 Å². The van der Waals surface area contributed by atoms with Crippen molar-refractivity contribution in [1.29, 1.82) is 0 Å². The standard InChI is InChI=1S/C16H14BrFO2/c1-9-7-11(8-10(2)16(9)20-3)15(19)12-5-4-6-13(17)14(12)18/h4-8H,1-3H3. The van der Waals surface area contributed by atoms with Crippen LogP contribution in [0.5, 0.6) is 5.75 Å². The third kappa shape index (κ3) is 2.61. The van der Waals surface area contributed by atoms with Crippen molar-refractivity contribution in [2.75, 3.05) is 7.11 Å². The zero-order chi connectivity index (χ0) is 14.9. The smallest absolute Gasteiger partial charge is 0.196 e. The van der Waals surface area contributed by atoms with Crippen molar-refractivity contribution in [3.63, 3.8) is 0 Å².